The Balaban J connectivity index is 2.30. The van der Waals surface area contributed by atoms with Gasteiger partial charge < -0.3 is 9.64 Å². The minimum atomic E-state index is -0.228. The topological polar surface area (TPSA) is 46.6 Å². The van der Waals surface area contributed by atoms with E-state index >= 15 is 0 Å². The minimum Gasteiger partial charge on any atom is -0.497 e. The monoisotopic (exact) mass is 247 g/mol. The first-order valence-electron chi connectivity index (χ1n) is 5.94. The predicted octanol–water partition coefficient (Wildman–Crippen LogP) is 1.53. The molecular formula is C14H17NO3. The fourth-order valence-electron chi connectivity index (χ4n) is 2.33. The van der Waals surface area contributed by atoms with E-state index in [4.69, 9.17) is 4.74 Å². The molecule has 0 fully saturated rings. The number of carbonyl (C=O) groups is 2. The number of benzene rings is 1. The smallest absolute Gasteiger partial charge is 0.225 e. The molecule has 1 amide bonds. The molecule has 1 aromatic rings. The summed E-state index contributed by atoms with van der Waals surface area (Å²) in [6.07, 6.45) is 0.916. The molecular weight excluding hydrogens is 230 g/mol. The summed E-state index contributed by atoms with van der Waals surface area (Å²) in [5, 5.41) is 0. The van der Waals surface area contributed by atoms with E-state index in [-0.39, 0.29) is 24.0 Å². The minimum absolute atomic E-state index is 0.0184. The lowest BCUT2D eigenvalue weighted by Crippen LogP contribution is -2.35. The first kappa shape index (κ1) is 12.6. The lowest BCUT2D eigenvalue weighted by atomic mass is 9.82. The van der Waals surface area contributed by atoms with Crippen molar-refractivity contribution in [1.82, 2.24) is 4.90 Å². The molecule has 0 heterocycles. The van der Waals surface area contributed by atoms with Crippen LogP contribution in [0.4, 0.5) is 0 Å². The van der Waals surface area contributed by atoms with E-state index in [2.05, 4.69) is 0 Å². The van der Waals surface area contributed by atoms with Crippen molar-refractivity contribution in [2.24, 2.45) is 5.92 Å². The Morgan fingerprint density at radius 3 is 2.67 bits per heavy atom. The number of ether oxygens (including phenoxy) is 1. The van der Waals surface area contributed by atoms with Crippen LogP contribution < -0.4 is 4.74 Å². The van der Waals surface area contributed by atoms with E-state index < -0.39 is 0 Å². The van der Waals surface area contributed by atoms with Crippen LogP contribution in [0.3, 0.4) is 0 Å². The van der Waals surface area contributed by atoms with Gasteiger partial charge in [-0.3, -0.25) is 9.59 Å². The number of amides is 1. The third-order valence-corrected chi connectivity index (χ3v) is 3.31. The molecule has 1 aromatic carbocycles. The number of nitrogens with zero attached hydrogens (tertiary/aromatic N) is 1. The van der Waals surface area contributed by atoms with Crippen molar-refractivity contribution in [3.05, 3.63) is 29.3 Å². The number of fused-ring (bicyclic) bond motifs is 1. The Kier molecular flexibility index (Phi) is 3.36. The largest absolute Gasteiger partial charge is 0.497 e. The molecule has 0 saturated carbocycles. The Bertz CT molecular complexity index is 494. The molecule has 1 aliphatic rings. The maximum atomic E-state index is 12.1. The van der Waals surface area contributed by atoms with E-state index in [0.29, 0.717) is 17.7 Å². The number of hydrogen-bond acceptors (Lipinski definition) is 3. The van der Waals surface area contributed by atoms with Gasteiger partial charge in [-0.15, -0.1) is 0 Å². The van der Waals surface area contributed by atoms with Gasteiger partial charge in [0.1, 0.15) is 5.75 Å². The van der Waals surface area contributed by atoms with E-state index in [0.717, 1.165) is 5.56 Å². The molecule has 2 rings (SSSR count). The van der Waals surface area contributed by atoms with Gasteiger partial charge in [0.2, 0.25) is 5.91 Å². The summed E-state index contributed by atoms with van der Waals surface area (Å²) in [5.74, 6) is 0.494. The normalized spacial score (nSPS) is 18.2. The average Bonchev–Trinajstić information content (AvgIpc) is 2.37. The molecule has 0 aromatic heterocycles. The zero-order chi connectivity index (χ0) is 13.3. The summed E-state index contributed by atoms with van der Waals surface area (Å²) < 4.78 is 5.11. The summed E-state index contributed by atoms with van der Waals surface area (Å²) >= 11 is 0. The number of rotatable bonds is 2. The van der Waals surface area contributed by atoms with Crippen LogP contribution in [-0.2, 0) is 11.2 Å². The van der Waals surface area contributed by atoms with E-state index in [1.54, 1.807) is 32.2 Å². The van der Waals surface area contributed by atoms with Crippen molar-refractivity contribution in [3.63, 3.8) is 0 Å². The second-order valence-electron chi connectivity index (χ2n) is 4.78. The summed E-state index contributed by atoms with van der Waals surface area (Å²) in [5.41, 5.74) is 1.63. The highest BCUT2D eigenvalue weighted by atomic mass is 16.5. The van der Waals surface area contributed by atoms with Crippen LogP contribution in [0.5, 0.6) is 5.75 Å². The number of Topliss-reactive ketones (excluding diaryl/α,β-unsaturated/α-hetero) is 1. The van der Waals surface area contributed by atoms with Crippen molar-refractivity contribution in [2.75, 3.05) is 21.2 Å². The fourth-order valence-corrected chi connectivity index (χ4v) is 2.33. The molecule has 0 bridgehead atoms. The van der Waals surface area contributed by atoms with Crippen molar-refractivity contribution >= 4 is 11.7 Å². The van der Waals surface area contributed by atoms with Gasteiger partial charge in [0.25, 0.3) is 0 Å². The summed E-state index contributed by atoms with van der Waals surface area (Å²) in [4.78, 5) is 25.5. The fraction of sp³-hybridized carbons (Fsp3) is 0.429. The van der Waals surface area contributed by atoms with E-state index in [1.165, 1.54) is 0 Å². The summed E-state index contributed by atoms with van der Waals surface area (Å²) in [7, 11) is 5.01. The first-order chi connectivity index (χ1) is 8.52. The molecule has 0 spiro atoms. The molecule has 1 aliphatic carbocycles. The number of carbonyl (C=O) groups excluding carboxylic acids is 2. The maximum Gasteiger partial charge on any atom is 0.225 e. The zero-order valence-electron chi connectivity index (χ0n) is 10.9. The Hall–Kier alpha value is -1.84. The summed E-state index contributed by atoms with van der Waals surface area (Å²) in [6.45, 7) is 0. The van der Waals surface area contributed by atoms with Gasteiger partial charge in [-0.2, -0.15) is 0 Å². The first-order valence-corrected chi connectivity index (χ1v) is 5.94. The van der Waals surface area contributed by atoms with Gasteiger partial charge in [0.05, 0.1) is 7.11 Å². The maximum absolute atomic E-state index is 12.1. The van der Waals surface area contributed by atoms with Crippen molar-refractivity contribution in [1.29, 1.82) is 0 Å². The van der Waals surface area contributed by atoms with Gasteiger partial charge in [0, 0.05) is 32.0 Å². The predicted molar refractivity (Wildman–Crippen MR) is 67.8 cm³/mol. The van der Waals surface area contributed by atoms with Crippen LogP contribution in [0.15, 0.2) is 18.2 Å². The lowest BCUT2D eigenvalue weighted by Gasteiger charge is -2.25. The Morgan fingerprint density at radius 1 is 1.33 bits per heavy atom. The third kappa shape index (κ3) is 2.23. The van der Waals surface area contributed by atoms with Gasteiger partial charge in [-0.25, -0.2) is 0 Å². The third-order valence-electron chi connectivity index (χ3n) is 3.31. The van der Waals surface area contributed by atoms with E-state index in [1.807, 2.05) is 12.1 Å². The molecule has 0 radical (unpaired) electrons. The van der Waals surface area contributed by atoms with Crippen molar-refractivity contribution < 1.29 is 14.3 Å². The number of ketones is 1. The molecule has 18 heavy (non-hydrogen) atoms. The van der Waals surface area contributed by atoms with Crippen molar-refractivity contribution in [2.45, 2.75) is 12.8 Å². The summed E-state index contributed by atoms with van der Waals surface area (Å²) in [6, 6.07) is 5.46. The van der Waals surface area contributed by atoms with Crippen LogP contribution >= 0.6 is 0 Å². The van der Waals surface area contributed by atoms with Gasteiger partial charge in [0.15, 0.2) is 5.78 Å². The number of hydrogen-bond donors (Lipinski definition) is 0. The van der Waals surface area contributed by atoms with Gasteiger partial charge in [-0.05, 0) is 24.1 Å². The quantitative estimate of drug-likeness (QED) is 0.796. The van der Waals surface area contributed by atoms with Gasteiger partial charge in [-0.1, -0.05) is 6.07 Å². The molecule has 0 aliphatic heterocycles. The highest BCUT2D eigenvalue weighted by Gasteiger charge is 2.30. The highest BCUT2D eigenvalue weighted by Crippen LogP contribution is 2.29. The molecule has 4 nitrogen and oxygen atoms in total. The van der Waals surface area contributed by atoms with Crippen LogP contribution in [0.25, 0.3) is 0 Å². The van der Waals surface area contributed by atoms with Gasteiger partial charge >= 0.3 is 0 Å². The second kappa shape index (κ2) is 4.80. The van der Waals surface area contributed by atoms with Crippen LogP contribution in [0.2, 0.25) is 0 Å². The molecule has 4 heteroatoms. The molecule has 0 saturated heterocycles. The second-order valence-corrected chi connectivity index (χ2v) is 4.78. The van der Waals surface area contributed by atoms with Crippen LogP contribution in [0, 0.1) is 5.92 Å². The zero-order valence-corrected chi connectivity index (χ0v) is 10.9. The van der Waals surface area contributed by atoms with Crippen LogP contribution in [-0.4, -0.2) is 37.8 Å². The average molecular weight is 247 g/mol. The van der Waals surface area contributed by atoms with Crippen LogP contribution in [0.1, 0.15) is 22.3 Å². The van der Waals surface area contributed by atoms with Crippen molar-refractivity contribution in [3.8, 4) is 5.75 Å². The Labute approximate surface area is 107 Å². The molecule has 0 N–H and O–H groups in total. The highest BCUT2D eigenvalue weighted by molar-refractivity contribution is 6.01. The van der Waals surface area contributed by atoms with E-state index in [9.17, 15) is 9.59 Å². The molecule has 1 unspecified atom stereocenters. The Morgan fingerprint density at radius 2 is 2.06 bits per heavy atom. The lowest BCUT2D eigenvalue weighted by molar-refractivity contribution is -0.132. The standard InChI is InChI=1S/C14H17NO3/c1-15(2)14(17)10-6-9-4-5-11(18-3)8-12(9)13(16)7-10/h4-5,8,10H,6-7H2,1-3H3. The number of methoxy groups -OCH3 is 1. The molecule has 1 atom stereocenters. The SMILES string of the molecule is COc1ccc2c(c1)C(=O)CC(C(=O)N(C)C)C2. The molecule has 96 valence electrons.